The first-order valence-corrected chi connectivity index (χ1v) is 7.34. The van der Waals surface area contributed by atoms with Gasteiger partial charge in [-0.25, -0.2) is 0 Å². The molecule has 90 valence electrons. The van der Waals surface area contributed by atoms with Gasteiger partial charge in [0.1, 0.15) is 0 Å². The summed E-state index contributed by atoms with van der Waals surface area (Å²) in [5, 5.41) is 3.69. The minimum atomic E-state index is 0.616. The van der Waals surface area contributed by atoms with Crippen molar-refractivity contribution in [3.05, 3.63) is 21.4 Å². The Hall–Kier alpha value is -0.340. The molecule has 1 aliphatic carbocycles. The average Bonchev–Trinajstić information content (AvgIpc) is 2.86. The summed E-state index contributed by atoms with van der Waals surface area (Å²) >= 11 is 1.99. The van der Waals surface area contributed by atoms with Crippen molar-refractivity contribution in [3.8, 4) is 0 Å². The lowest BCUT2D eigenvalue weighted by Crippen LogP contribution is -2.26. The Labute approximate surface area is 103 Å². The molecule has 1 aromatic heterocycles. The molecular weight excluding hydrogens is 214 g/mol. The second kappa shape index (κ2) is 5.33. The molecule has 1 fully saturated rings. The van der Waals surface area contributed by atoms with E-state index in [4.69, 9.17) is 0 Å². The second-order valence-corrected chi connectivity index (χ2v) is 6.26. The maximum Gasteiger partial charge on any atom is 0.0443 e. The SMILES string of the molecule is CCNC(c1cc(C)c(C)s1)C1CCCC1. The van der Waals surface area contributed by atoms with E-state index >= 15 is 0 Å². The van der Waals surface area contributed by atoms with Crippen molar-refractivity contribution in [1.82, 2.24) is 5.32 Å². The fourth-order valence-corrected chi connectivity index (χ4v) is 3.98. The van der Waals surface area contributed by atoms with E-state index in [1.165, 1.54) is 36.1 Å². The van der Waals surface area contributed by atoms with Crippen LogP contribution in [0.5, 0.6) is 0 Å². The van der Waals surface area contributed by atoms with Crippen LogP contribution in [-0.2, 0) is 0 Å². The maximum atomic E-state index is 3.69. The number of thiophene rings is 1. The highest BCUT2D eigenvalue weighted by Crippen LogP contribution is 2.38. The lowest BCUT2D eigenvalue weighted by Gasteiger charge is -2.23. The van der Waals surface area contributed by atoms with Crippen LogP contribution in [0.3, 0.4) is 0 Å². The lowest BCUT2D eigenvalue weighted by atomic mass is 9.96. The largest absolute Gasteiger partial charge is 0.309 e. The molecule has 0 aromatic carbocycles. The zero-order chi connectivity index (χ0) is 11.5. The van der Waals surface area contributed by atoms with Crippen LogP contribution in [-0.4, -0.2) is 6.54 Å². The van der Waals surface area contributed by atoms with Crippen LogP contribution in [0.1, 0.15) is 54.0 Å². The van der Waals surface area contributed by atoms with Crippen molar-refractivity contribution in [2.45, 2.75) is 52.5 Å². The number of hydrogen-bond acceptors (Lipinski definition) is 2. The molecule has 1 aliphatic rings. The second-order valence-electron chi connectivity index (χ2n) is 4.97. The third kappa shape index (κ3) is 2.49. The predicted octanol–water partition coefficient (Wildman–Crippen LogP) is 4.21. The van der Waals surface area contributed by atoms with E-state index in [9.17, 15) is 0 Å². The summed E-state index contributed by atoms with van der Waals surface area (Å²) in [5.74, 6) is 0.873. The number of hydrogen-bond donors (Lipinski definition) is 1. The van der Waals surface area contributed by atoms with Crippen LogP contribution < -0.4 is 5.32 Å². The van der Waals surface area contributed by atoms with Gasteiger partial charge in [-0.05, 0) is 50.8 Å². The first kappa shape index (κ1) is 12.1. The molecule has 1 unspecified atom stereocenters. The quantitative estimate of drug-likeness (QED) is 0.827. The van der Waals surface area contributed by atoms with Gasteiger partial charge in [0.15, 0.2) is 0 Å². The minimum absolute atomic E-state index is 0.616. The highest BCUT2D eigenvalue weighted by atomic mass is 32.1. The molecule has 0 amide bonds. The Bertz CT molecular complexity index is 317. The van der Waals surface area contributed by atoms with E-state index in [1.54, 1.807) is 4.88 Å². The van der Waals surface area contributed by atoms with Crippen molar-refractivity contribution in [2.75, 3.05) is 6.54 Å². The van der Waals surface area contributed by atoms with Crippen molar-refractivity contribution in [1.29, 1.82) is 0 Å². The Morgan fingerprint density at radius 1 is 1.38 bits per heavy atom. The fraction of sp³-hybridized carbons (Fsp3) is 0.714. The fourth-order valence-electron chi connectivity index (χ4n) is 2.77. The summed E-state index contributed by atoms with van der Waals surface area (Å²) in [6.45, 7) is 7.76. The third-order valence-corrected chi connectivity index (χ3v) is 5.02. The number of rotatable bonds is 4. The lowest BCUT2D eigenvalue weighted by molar-refractivity contribution is 0.379. The zero-order valence-electron chi connectivity index (χ0n) is 10.7. The minimum Gasteiger partial charge on any atom is -0.309 e. The van der Waals surface area contributed by atoms with E-state index in [-0.39, 0.29) is 0 Å². The summed E-state index contributed by atoms with van der Waals surface area (Å²) in [6, 6.07) is 3.01. The average molecular weight is 237 g/mol. The van der Waals surface area contributed by atoms with E-state index < -0.39 is 0 Å². The van der Waals surface area contributed by atoms with Crippen molar-refractivity contribution in [2.24, 2.45) is 5.92 Å². The molecule has 1 N–H and O–H groups in total. The van der Waals surface area contributed by atoms with Crippen LogP contribution in [0.4, 0.5) is 0 Å². The Morgan fingerprint density at radius 2 is 2.06 bits per heavy atom. The van der Waals surface area contributed by atoms with Gasteiger partial charge in [-0.15, -0.1) is 11.3 Å². The van der Waals surface area contributed by atoms with Crippen LogP contribution in [0.15, 0.2) is 6.07 Å². The summed E-state index contributed by atoms with van der Waals surface area (Å²) in [7, 11) is 0. The molecule has 0 saturated heterocycles. The standard InChI is InChI=1S/C14H23NS/c1-4-15-14(12-7-5-6-8-12)13-9-10(2)11(3)16-13/h9,12,14-15H,4-8H2,1-3H3. The van der Waals surface area contributed by atoms with E-state index in [1.807, 2.05) is 11.3 Å². The smallest absolute Gasteiger partial charge is 0.0443 e. The monoisotopic (exact) mass is 237 g/mol. The molecule has 1 saturated carbocycles. The van der Waals surface area contributed by atoms with Crippen LogP contribution in [0.25, 0.3) is 0 Å². The van der Waals surface area contributed by atoms with E-state index in [0.29, 0.717) is 6.04 Å². The predicted molar refractivity (Wildman–Crippen MR) is 72.2 cm³/mol. The van der Waals surface area contributed by atoms with Crippen LogP contribution in [0.2, 0.25) is 0 Å². The highest BCUT2D eigenvalue weighted by molar-refractivity contribution is 7.12. The van der Waals surface area contributed by atoms with Gasteiger partial charge in [-0.1, -0.05) is 19.8 Å². The Balaban J connectivity index is 2.17. The zero-order valence-corrected chi connectivity index (χ0v) is 11.5. The summed E-state index contributed by atoms with van der Waals surface area (Å²) in [5.41, 5.74) is 1.46. The first-order chi connectivity index (χ1) is 7.72. The number of aryl methyl sites for hydroxylation is 2. The molecule has 1 atom stereocenters. The van der Waals surface area contributed by atoms with E-state index in [2.05, 4.69) is 32.2 Å². The molecule has 1 aromatic rings. The highest BCUT2D eigenvalue weighted by Gasteiger charge is 2.26. The molecule has 2 heteroatoms. The number of nitrogens with one attached hydrogen (secondary N) is 1. The van der Waals surface area contributed by atoms with Gasteiger partial charge in [-0.3, -0.25) is 0 Å². The summed E-state index contributed by atoms with van der Waals surface area (Å²) in [6.07, 6.45) is 5.67. The summed E-state index contributed by atoms with van der Waals surface area (Å²) < 4.78 is 0. The molecule has 1 nitrogen and oxygen atoms in total. The summed E-state index contributed by atoms with van der Waals surface area (Å²) in [4.78, 5) is 3.04. The molecule has 0 aliphatic heterocycles. The van der Waals surface area contributed by atoms with Gasteiger partial charge >= 0.3 is 0 Å². The van der Waals surface area contributed by atoms with Gasteiger partial charge < -0.3 is 5.32 Å². The van der Waals surface area contributed by atoms with Gasteiger partial charge in [-0.2, -0.15) is 0 Å². The molecule has 16 heavy (non-hydrogen) atoms. The van der Waals surface area contributed by atoms with Gasteiger partial charge in [0.2, 0.25) is 0 Å². The first-order valence-electron chi connectivity index (χ1n) is 6.52. The molecule has 2 rings (SSSR count). The maximum absolute atomic E-state index is 3.69. The van der Waals surface area contributed by atoms with Crippen molar-refractivity contribution < 1.29 is 0 Å². The topological polar surface area (TPSA) is 12.0 Å². The van der Waals surface area contributed by atoms with Gasteiger partial charge in [0.25, 0.3) is 0 Å². The molecule has 0 spiro atoms. The molecule has 1 heterocycles. The normalized spacial score (nSPS) is 19.2. The Morgan fingerprint density at radius 3 is 2.56 bits per heavy atom. The van der Waals surface area contributed by atoms with Crippen LogP contribution >= 0.6 is 11.3 Å². The van der Waals surface area contributed by atoms with Gasteiger partial charge in [0, 0.05) is 15.8 Å². The third-order valence-electron chi connectivity index (χ3n) is 3.79. The van der Waals surface area contributed by atoms with Crippen molar-refractivity contribution >= 4 is 11.3 Å². The Kier molecular flexibility index (Phi) is 4.04. The van der Waals surface area contributed by atoms with E-state index in [0.717, 1.165) is 12.5 Å². The molecule has 0 radical (unpaired) electrons. The molecular formula is C14H23NS. The van der Waals surface area contributed by atoms with Crippen LogP contribution in [0, 0.1) is 19.8 Å². The molecule has 0 bridgehead atoms. The van der Waals surface area contributed by atoms with Gasteiger partial charge in [0.05, 0.1) is 0 Å². The van der Waals surface area contributed by atoms with Crippen molar-refractivity contribution in [3.63, 3.8) is 0 Å².